The van der Waals surface area contributed by atoms with Crippen molar-refractivity contribution >= 4 is 17.2 Å². The van der Waals surface area contributed by atoms with Gasteiger partial charge in [0.15, 0.2) is 0 Å². The minimum atomic E-state index is -0.111. The Morgan fingerprint density at radius 3 is 2.59 bits per heavy atom. The number of para-hydroxylation sites is 1. The highest BCUT2D eigenvalue weighted by atomic mass is 32.1. The molecular weight excluding hydrogens is 356 g/mol. The molecular formula is C21H18N4OS. The first-order valence-electron chi connectivity index (χ1n) is 8.57. The Balaban J connectivity index is 1.67. The minimum Gasteiger partial charge on any atom is -0.336 e. The minimum absolute atomic E-state index is 0.111. The van der Waals surface area contributed by atoms with Gasteiger partial charge in [-0.25, -0.2) is 4.68 Å². The maximum atomic E-state index is 12.7. The average molecular weight is 374 g/mol. The molecule has 0 spiro atoms. The van der Waals surface area contributed by atoms with E-state index in [4.69, 9.17) is 5.10 Å². The van der Waals surface area contributed by atoms with Gasteiger partial charge in [-0.2, -0.15) is 5.10 Å². The monoisotopic (exact) mass is 374 g/mol. The molecule has 1 aromatic carbocycles. The normalized spacial score (nSPS) is 10.7. The van der Waals surface area contributed by atoms with Crippen LogP contribution in [0.4, 0.5) is 0 Å². The summed E-state index contributed by atoms with van der Waals surface area (Å²) in [5.41, 5.74) is 3.32. The molecule has 0 aliphatic heterocycles. The molecule has 0 atom stereocenters. The Kier molecular flexibility index (Phi) is 4.80. The molecule has 0 unspecified atom stereocenters. The van der Waals surface area contributed by atoms with Crippen LogP contribution in [-0.2, 0) is 6.54 Å². The molecule has 27 heavy (non-hydrogen) atoms. The summed E-state index contributed by atoms with van der Waals surface area (Å²) in [7, 11) is 1.79. The van der Waals surface area contributed by atoms with Gasteiger partial charge in [0.05, 0.1) is 10.6 Å². The van der Waals surface area contributed by atoms with Gasteiger partial charge in [-0.05, 0) is 35.7 Å². The number of amides is 1. The molecule has 1 amide bonds. The van der Waals surface area contributed by atoms with Crippen molar-refractivity contribution in [2.24, 2.45) is 0 Å². The molecule has 3 aromatic heterocycles. The molecule has 0 aliphatic rings. The third kappa shape index (κ3) is 3.66. The number of thiophene rings is 1. The van der Waals surface area contributed by atoms with Crippen molar-refractivity contribution in [2.75, 3.05) is 7.05 Å². The van der Waals surface area contributed by atoms with Crippen LogP contribution in [0, 0.1) is 0 Å². The molecule has 0 fully saturated rings. The summed E-state index contributed by atoms with van der Waals surface area (Å²) in [4.78, 5) is 19.6. The van der Waals surface area contributed by atoms with Crippen LogP contribution in [-0.4, -0.2) is 32.6 Å². The van der Waals surface area contributed by atoms with Gasteiger partial charge >= 0.3 is 0 Å². The van der Waals surface area contributed by atoms with Gasteiger partial charge in [-0.15, -0.1) is 11.3 Å². The Morgan fingerprint density at radius 2 is 1.89 bits per heavy atom. The number of pyridine rings is 1. The smallest absolute Gasteiger partial charge is 0.272 e. The highest BCUT2D eigenvalue weighted by Gasteiger charge is 2.18. The van der Waals surface area contributed by atoms with E-state index in [1.165, 1.54) is 0 Å². The maximum absolute atomic E-state index is 12.7. The van der Waals surface area contributed by atoms with Gasteiger partial charge in [0.1, 0.15) is 11.4 Å². The van der Waals surface area contributed by atoms with E-state index >= 15 is 0 Å². The zero-order valence-corrected chi connectivity index (χ0v) is 15.6. The molecule has 0 aliphatic carbocycles. The summed E-state index contributed by atoms with van der Waals surface area (Å²) >= 11 is 1.64. The van der Waals surface area contributed by atoms with Crippen LogP contribution < -0.4 is 0 Å². The number of benzene rings is 1. The molecule has 4 aromatic rings. The number of rotatable bonds is 5. The molecule has 0 saturated carbocycles. The Labute approximate surface area is 161 Å². The van der Waals surface area contributed by atoms with Crippen LogP contribution in [0.3, 0.4) is 0 Å². The third-order valence-electron chi connectivity index (χ3n) is 4.20. The van der Waals surface area contributed by atoms with Gasteiger partial charge in [-0.3, -0.25) is 9.78 Å². The predicted molar refractivity (Wildman–Crippen MR) is 107 cm³/mol. The van der Waals surface area contributed by atoms with Gasteiger partial charge in [0.25, 0.3) is 5.91 Å². The molecule has 0 bridgehead atoms. The quantitative estimate of drug-likeness (QED) is 0.524. The highest BCUT2D eigenvalue weighted by Crippen LogP contribution is 2.28. The van der Waals surface area contributed by atoms with E-state index in [9.17, 15) is 4.79 Å². The summed E-state index contributed by atoms with van der Waals surface area (Å²) in [5.74, 6) is -0.111. The van der Waals surface area contributed by atoms with E-state index in [2.05, 4.69) is 4.98 Å². The van der Waals surface area contributed by atoms with Crippen molar-refractivity contribution in [2.45, 2.75) is 6.54 Å². The fraction of sp³-hybridized carbons (Fsp3) is 0.0952. The summed E-state index contributed by atoms with van der Waals surface area (Å²) in [6, 6.07) is 19.4. The lowest BCUT2D eigenvalue weighted by atomic mass is 10.2. The summed E-state index contributed by atoms with van der Waals surface area (Å²) in [5, 5.41) is 6.81. The van der Waals surface area contributed by atoms with E-state index in [1.54, 1.807) is 41.6 Å². The number of aromatic nitrogens is 3. The largest absolute Gasteiger partial charge is 0.336 e. The standard InChI is InChI=1S/C21H18N4OS/c1-24(21(26)18-10-5-6-12-22-18)14-16-15-25(17-8-3-2-4-9-17)23-20(16)19-11-7-13-27-19/h2-13,15H,14H2,1H3. The Morgan fingerprint density at radius 1 is 1.07 bits per heavy atom. The van der Waals surface area contributed by atoms with Gasteiger partial charge in [-0.1, -0.05) is 30.3 Å². The van der Waals surface area contributed by atoms with Crippen LogP contribution in [0.2, 0.25) is 0 Å². The highest BCUT2D eigenvalue weighted by molar-refractivity contribution is 7.13. The first-order valence-corrected chi connectivity index (χ1v) is 9.44. The number of hydrogen-bond donors (Lipinski definition) is 0. The number of carbonyl (C=O) groups is 1. The zero-order chi connectivity index (χ0) is 18.6. The van der Waals surface area contributed by atoms with E-state index in [0.29, 0.717) is 12.2 Å². The van der Waals surface area contributed by atoms with Crippen LogP contribution in [0.5, 0.6) is 0 Å². The molecule has 0 N–H and O–H groups in total. The first kappa shape index (κ1) is 17.2. The van der Waals surface area contributed by atoms with Crippen LogP contribution in [0.15, 0.2) is 78.4 Å². The van der Waals surface area contributed by atoms with Crippen molar-refractivity contribution in [1.29, 1.82) is 0 Å². The molecule has 4 rings (SSSR count). The van der Waals surface area contributed by atoms with Gasteiger partial charge < -0.3 is 4.90 Å². The SMILES string of the molecule is CN(Cc1cn(-c2ccccc2)nc1-c1cccs1)C(=O)c1ccccn1. The lowest BCUT2D eigenvalue weighted by Crippen LogP contribution is -2.27. The van der Waals surface area contributed by atoms with E-state index in [1.807, 2.05) is 64.8 Å². The zero-order valence-electron chi connectivity index (χ0n) is 14.8. The second-order valence-corrected chi connectivity index (χ2v) is 7.08. The van der Waals surface area contributed by atoms with Gasteiger partial charge in [0, 0.05) is 31.5 Å². The summed E-state index contributed by atoms with van der Waals surface area (Å²) in [6.07, 6.45) is 3.62. The molecule has 0 saturated heterocycles. The summed E-state index contributed by atoms with van der Waals surface area (Å²) < 4.78 is 1.86. The van der Waals surface area contributed by atoms with Crippen molar-refractivity contribution < 1.29 is 4.79 Å². The number of carbonyl (C=O) groups excluding carboxylic acids is 1. The van der Waals surface area contributed by atoms with Crippen molar-refractivity contribution in [3.63, 3.8) is 0 Å². The average Bonchev–Trinajstić information content (AvgIpc) is 3.38. The first-order chi connectivity index (χ1) is 13.2. The van der Waals surface area contributed by atoms with Gasteiger partial charge in [0.2, 0.25) is 0 Å². The number of hydrogen-bond acceptors (Lipinski definition) is 4. The molecule has 0 radical (unpaired) electrons. The molecule has 5 nitrogen and oxygen atoms in total. The van der Waals surface area contributed by atoms with Crippen LogP contribution in [0.25, 0.3) is 16.3 Å². The lowest BCUT2D eigenvalue weighted by molar-refractivity contribution is 0.0779. The maximum Gasteiger partial charge on any atom is 0.272 e. The molecule has 6 heteroatoms. The Bertz CT molecular complexity index is 1030. The van der Waals surface area contributed by atoms with E-state index < -0.39 is 0 Å². The van der Waals surface area contributed by atoms with Crippen molar-refractivity contribution in [3.8, 4) is 16.3 Å². The third-order valence-corrected chi connectivity index (χ3v) is 5.08. The van der Waals surface area contributed by atoms with Crippen molar-refractivity contribution in [1.82, 2.24) is 19.7 Å². The second-order valence-electron chi connectivity index (χ2n) is 6.14. The van der Waals surface area contributed by atoms with E-state index in [0.717, 1.165) is 21.8 Å². The predicted octanol–water partition coefficient (Wildman–Crippen LogP) is 4.27. The van der Waals surface area contributed by atoms with E-state index in [-0.39, 0.29) is 5.91 Å². The number of nitrogens with zero attached hydrogens (tertiary/aromatic N) is 4. The van der Waals surface area contributed by atoms with Crippen molar-refractivity contribution in [3.05, 3.63) is 89.7 Å². The topological polar surface area (TPSA) is 51.0 Å². The van der Waals surface area contributed by atoms with Crippen LogP contribution in [0.1, 0.15) is 16.1 Å². The molecule has 3 heterocycles. The van der Waals surface area contributed by atoms with Crippen LogP contribution >= 0.6 is 11.3 Å². The summed E-state index contributed by atoms with van der Waals surface area (Å²) in [6.45, 7) is 0.454. The second kappa shape index (κ2) is 7.55. The lowest BCUT2D eigenvalue weighted by Gasteiger charge is -2.16. The molecule has 134 valence electrons. The fourth-order valence-electron chi connectivity index (χ4n) is 2.87. The fourth-order valence-corrected chi connectivity index (χ4v) is 3.62. The Hall–Kier alpha value is -3.25.